The third-order valence-corrected chi connectivity index (χ3v) is 4.01. The SMILES string of the molecule is CCOC(=O)CCOC(=O)c1cc(Oc2ccc(C(F)(F)F)cc2Cl)ccc1[N+](=O)[O-]. The predicted octanol–water partition coefficient (Wildman–Crippen LogP) is 5.17. The van der Waals surface area contributed by atoms with Gasteiger partial charge in [0.2, 0.25) is 0 Å². The number of nitro benzene ring substituents is 1. The summed E-state index contributed by atoms with van der Waals surface area (Å²) in [5.74, 6) is -1.98. The number of ether oxygens (including phenoxy) is 3. The normalized spacial score (nSPS) is 11.0. The molecule has 0 N–H and O–H groups in total. The summed E-state index contributed by atoms with van der Waals surface area (Å²) in [6.07, 6.45) is -4.85. The van der Waals surface area contributed by atoms with Crippen molar-refractivity contribution in [2.24, 2.45) is 0 Å². The van der Waals surface area contributed by atoms with Crippen molar-refractivity contribution in [3.8, 4) is 11.5 Å². The lowest BCUT2D eigenvalue weighted by atomic mass is 10.1. The van der Waals surface area contributed by atoms with Crippen molar-refractivity contribution in [3.05, 3.63) is 62.7 Å². The Balaban J connectivity index is 2.22. The molecule has 0 heterocycles. The van der Waals surface area contributed by atoms with Crippen LogP contribution in [0.3, 0.4) is 0 Å². The Morgan fingerprint density at radius 3 is 2.42 bits per heavy atom. The van der Waals surface area contributed by atoms with E-state index in [-0.39, 0.29) is 36.2 Å². The molecule has 0 aliphatic carbocycles. The summed E-state index contributed by atoms with van der Waals surface area (Å²) in [5.41, 5.74) is -2.05. The van der Waals surface area contributed by atoms with Gasteiger partial charge in [0.1, 0.15) is 23.7 Å². The molecule has 0 bridgehead atoms. The van der Waals surface area contributed by atoms with Crippen LogP contribution in [0.2, 0.25) is 5.02 Å². The van der Waals surface area contributed by atoms with Crippen LogP contribution in [0.25, 0.3) is 0 Å². The van der Waals surface area contributed by atoms with Gasteiger partial charge in [0, 0.05) is 12.1 Å². The second kappa shape index (κ2) is 10.1. The molecule has 0 aliphatic rings. The van der Waals surface area contributed by atoms with E-state index in [1.54, 1.807) is 6.92 Å². The van der Waals surface area contributed by atoms with Gasteiger partial charge in [-0.3, -0.25) is 14.9 Å². The molecule has 8 nitrogen and oxygen atoms in total. The van der Waals surface area contributed by atoms with E-state index in [1.165, 1.54) is 0 Å². The zero-order valence-corrected chi connectivity index (χ0v) is 16.7. The molecule has 0 amide bonds. The molecule has 0 aromatic heterocycles. The zero-order chi connectivity index (χ0) is 23.2. The minimum atomic E-state index is -4.60. The van der Waals surface area contributed by atoms with Gasteiger partial charge >= 0.3 is 18.1 Å². The van der Waals surface area contributed by atoms with E-state index in [0.717, 1.165) is 30.3 Å². The minimum absolute atomic E-state index is 0.107. The number of benzene rings is 2. The average Bonchev–Trinajstić information content (AvgIpc) is 2.68. The highest BCUT2D eigenvalue weighted by molar-refractivity contribution is 6.32. The number of hydrogen-bond donors (Lipinski definition) is 0. The van der Waals surface area contributed by atoms with Crippen molar-refractivity contribution in [1.82, 2.24) is 0 Å². The van der Waals surface area contributed by atoms with Crippen LogP contribution in [-0.2, 0) is 20.4 Å². The van der Waals surface area contributed by atoms with Crippen LogP contribution in [0, 0.1) is 10.1 Å². The van der Waals surface area contributed by atoms with E-state index in [4.69, 9.17) is 21.1 Å². The second-order valence-electron chi connectivity index (χ2n) is 5.87. The number of rotatable bonds is 8. The first-order chi connectivity index (χ1) is 14.5. The van der Waals surface area contributed by atoms with Gasteiger partial charge in [-0.25, -0.2) is 4.79 Å². The lowest BCUT2D eigenvalue weighted by Gasteiger charge is -2.12. The summed E-state index contributed by atoms with van der Waals surface area (Å²) >= 11 is 5.82. The Bertz CT molecular complexity index is 995. The van der Waals surface area contributed by atoms with Crippen molar-refractivity contribution in [1.29, 1.82) is 0 Å². The molecule has 0 unspecified atom stereocenters. The number of carbonyl (C=O) groups excluding carboxylic acids is 2. The van der Waals surface area contributed by atoms with Gasteiger partial charge in [-0.15, -0.1) is 0 Å². The number of nitrogens with zero attached hydrogens (tertiary/aromatic N) is 1. The molecule has 0 saturated heterocycles. The van der Waals surface area contributed by atoms with Crippen LogP contribution >= 0.6 is 11.6 Å². The van der Waals surface area contributed by atoms with Gasteiger partial charge in [-0.05, 0) is 31.2 Å². The van der Waals surface area contributed by atoms with E-state index in [0.29, 0.717) is 6.07 Å². The first kappa shape index (κ1) is 23.9. The van der Waals surface area contributed by atoms with Crippen LogP contribution < -0.4 is 4.74 Å². The predicted molar refractivity (Wildman–Crippen MR) is 101 cm³/mol. The highest BCUT2D eigenvalue weighted by Gasteiger charge is 2.31. The fourth-order valence-electron chi connectivity index (χ4n) is 2.33. The maximum absolute atomic E-state index is 12.7. The van der Waals surface area contributed by atoms with Gasteiger partial charge in [0.15, 0.2) is 0 Å². The van der Waals surface area contributed by atoms with Gasteiger partial charge in [-0.2, -0.15) is 13.2 Å². The van der Waals surface area contributed by atoms with Crippen LogP contribution in [0.5, 0.6) is 11.5 Å². The third-order valence-electron chi connectivity index (χ3n) is 3.72. The van der Waals surface area contributed by atoms with Gasteiger partial charge < -0.3 is 14.2 Å². The fourth-order valence-corrected chi connectivity index (χ4v) is 2.55. The van der Waals surface area contributed by atoms with Crippen molar-refractivity contribution in [2.45, 2.75) is 19.5 Å². The Kier molecular flexibility index (Phi) is 7.81. The minimum Gasteiger partial charge on any atom is -0.466 e. The molecular weight excluding hydrogens is 447 g/mol. The molecule has 166 valence electrons. The molecule has 2 aromatic carbocycles. The molecule has 0 radical (unpaired) electrons. The van der Waals surface area contributed by atoms with Gasteiger partial charge in [0.25, 0.3) is 5.69 Å². The Morgan fingerprint density at radius 2 is 1.84 bits per heavy atom. The van der Waals surface area contributed by atoms with Crippen molar-refractivity contribution in [3.63, 3.8) is 0 Å². The number of halogens is 4. The van der Waals surface area contributed by atoms with E-state index in [1.807, 2.05) is 0 Å². The van der Waals surface area contributed by atoms with Crippen molar-refractivity contribution in [2.75, 3.05) is 13.2 Å². The second-order valence-corrected chi connectivity index (χ2v) is 6.28. The molecule has 0 fully saturated rings. The first-order valence-electron chi connectivity index (χ1n) is 8.68. The maximum Gasteiger partial charge on any atom is 0.416 e. The first-order valence-corrected chi connectivity index (χ1v) is 9.06. The van der Waals surface area contributed by atoms with Gasteiger partial charge in [-0.1, -0.05) is 11.6 Å². The Morgan fingerprint density at radius 1 is 1.13 bits per heavy atom. The standard InChI is InChI=1S/C19H15ClF3NO7/c1-2-29-17(25)7-8-30-18(26)13-10-12(4-5-15(13)24(27)28)31-16-6-3-11(9-14(16)20)19(21,22)23/h3-6,9-10H,2,7-8H2,1H3. The highest BCUT2D eigenvalue weighted by atomic mass is 35.5. The lowest BCUT2D eigenvalue weighted by Crippen LogP contribution is -2.13. The van der Waals surface area contributed by atoms with Crippen LogP contribution in [0.15, 0.2) is 36.4 Å². The summed E-state index contributed by atoms with van der Waals surface area (Å²) in [4.78, 5) is 33.9. The number of nitro groups is 1. The summed E-state index contributed by atoms with van der Waals surface area (Å²) in [6.45, 7) is 1.37. The highest BCUT2D eigenvalue weighted by Crippen LogP contribution is 2.37. The van der Waals surface area contributed by atoms with E-state index < -0.39 is 39.9 Å². The van der Waals surface area contributed by atoms with E-state index >= 15 is 0 Å². The summed E-state index contributed by atoms with van der Waals surface area (Å²) < 4.78 is 53.1. The smallest absolute Gasteiger partial charge is 0.416 e. The lowest BCUT2D eigenvalue weighted by molar-refractivity contribution is -0.385. The molecule has 0 aliphatic heterocycles. The number of carbonyl (C=O) groups is 2. The maximum atomic E-state index is 12.7. The molecule has 12 heteroatoms. The topological polar surface area (TPSA) is 105 Å². The molecule has 0 saturated carbocycles. The number of alkyl halides is 3. The molecular formula is C19H15ClF3NO7. The summed E-state index contributed by atoms with van der Waals surface area (Å²) in [6, 6.07) is 5.48. The number of hydrogen-bond acceptors (Lipinski definition) is 7. The monoisotopic (exact) mass is 461 g/mol. The molecule has 31 heavy (non-hydrogen) atoms. The number of esters is 2. The Hall–Kier alpha value is -3.34. The molecule has 2 aromatic rings. The summed E-state index contributed by atoms with van der Waals surface area (Å²) in [7, 11) is 0. The summed E-state index contributed by atoms with van der Waals surface area (Å²) in [5, 5.41) is 10.8. The van der Waals surface area contributed by atoms with Crippen molar-refractivity contribution < 1.29 is 41.9 Å². The third kappa shape index (κ3) is 6.57. The largest absolute Gasteiger partial charge is 0.466 e. The van der Waals surface area contributed by atoms with Crippen LogP contribution in [0.1, 0.15) is 29.3 Å². The fraction of sp³-hybridized carbons (Fsp3) is 0.263. The van der Waals surface area contributed by atoms with E-state index in [9.17, 15) is 32.9 Å². The quantitative estimate of drug-likeness (QED) is 0.303. The molecule has 0 atom stereocenters. The molecule has 0 spiro atoms. The van der Waals surface area contributed by atoms with E-state index in [2.05, 4.69) is 4.74 Å². The molecule has 2 rings (SSSR count). The Labute approximate surface area is 178 Å². The van der Waals surface area contributed by atoms with Crippen LogP contribution in [0.4, 0.5) is 18.9 Å². The van der Waals surface area contributed by atoms with Gasteiger partial charge in [0.05, 0.1) is 28.5 Å². The van der Waals surface area contributed by atoms with Crippen LogP contribution in [-0.4, -0.2) is 30.1 Å². The zero-order valence-electron chi connectivity index (χ0n) is 15.9. The van der Waals surface area contributed by atoms with Crippen molar-refractivity contribution >= 4 is 29.2 Å². The average molecular weight is 462 g/mol.